The van der Waals surface area contributed by atoms with Crippen LogP contribution in [0, 0.1) is 0 Å². The molecule has 1 atom stereocenters. The third-order valence-corrected chi connectivity index (χ3v) is 4.80. The fourth-order valence-electron chi connectivity index (χ4n) is 1.70. The molecule has 68 valence electrons. The summed E-state index contributed by atoms with van der Waals surface area (Å²) in [6.07, 6.45) is 4.03. The van der Waals surface area contributed by atoms with Gasteiger partial charge in [0.1, 0.15) is 0 Å². The lowest BCUT2D eigenvalue weighted by Gasteiger charge is -2.07. The Morgan fingerprint density at radius 1 is 1.23 bits per heavy atom. The highest BCUT2D eigenvalue weighted by Crippen LogP contribution is 2.48. The summed E-state index contributed by atoms with van der Waals surface area (Å²) < 4.78 is 0. The second-order valence-electron chi connectivity index (χ2n) is 3.68. The second kappa shape index (κ2) is 4.07. The summed E-state index contributed by atoms with van der Waals surface area (Å²) in [5.41, 5.74) is 3.10. The van der Waals surface area contributed by atoms with E-state index in [9.17, 15) is 0 Å². The van der Waals surface area contributed by atoms with Crippen LogP contribution in [0.4, 0.5) is 0 Å². The van der Waals surface area contributed by atoms with Crippen LogP contribution in [0.25, 0.3) is 0 Å². The smallest absolute Gasteiger partial charge is 0.00384 e. The van der Waals surface area contributed by atoms with Crippen LogP contribution in [0.1, 0.15) is 18.9 Å². The van der Waals surface area contributed by atoms with Gasteiger partial charge in [-0.05, 0) is 31.2 Å². The summed E-state index contributed by atoms with van der Waals surface area (Å²) in [5.74, 6) is 2.50. The first-order valence-electron chi connectivity index (χ1n) is 4.80. The Morgan fingerprint density at radius 3 is 2.62 bits per heavy atom. The van der Waals surface area contributed by atoms with Gasteiger partial charge in [-0.15, -0.1) is 0 Å². The van der Waals surface area contributed by atoms with E-state index in [4.69, 9.17) is 0 Å². The van der Waals surface area contributed by atoms with E-state index in [0.717, 1.165) is 0 Å². The molecule has 1 aromatic rings. The number of allylic oxidation sites excluding steroid dienone is 1. The maximum absolute atomic E-state index is 2.50. The third-order valence-electron chi connectivity index (χ3n) is 2.42. The highest BCUT2D eigenvalue weighted by Gasteiger charge is 2.12. The maximum atomic E-state index is 2.50. The average Bonchev–Trinajstić information content (AvgIpc) is 2.53. The molecule has 1 aliphatic heterocycles. The van der Waals surface area contributed by atoms with Crippen molar-refractivity contribution in [3.63, 3.8) is 0 Å². The van der Waals surface area contributed by atoms with Gasteiger partial charge in [-0.25, -0.2) is 0 Å². The van der Waals surface area contributed by atoms with Gasteiger partial charge >= 0.3 is 0 Å². The van der Waals surface area contributed by atoms with Gasteiger partial charge in [0, 0.05) is 0 Å². The minimum atomic E-state index is 0.177. The number of rotatable bonds is 2. The summed E-state index contributed by atoms with van der Waals surface area (Å²) in [6, 6.07) is 10.8. The number of benzene rings is 1. The standard InChI is InChI=1S/C12H15P/c1-11-7-8-13(9-11)10-12-5-3-2-4-6-12/h2-6,9H,7-8,10H2,1H3. The normalized spacial score (nSPS) is 21.6. The molecule has 1 unspecified atom stereocenters. The van der Waals surface area contributed by atoms with Crippen molar-refractivity contribution < 1.29 is 0 Å². The molecule has 0 aliphatic carbocycles. The van der Waals surface area contributed by atoms with Crippen LogP contribution in [-0.4, -0.2) is 6.16 Å². The molecule has 13 heavy (non-hydrogen) atoms. The van der Waals surface area contributed by atoms with Crippen molar-refractivity contribution >= 4 is 7.92 Å². The second-order valence-corrected chi connectivity index (χ2v) is 5.88. The van der Waals surface area contributed by atoms with Crippen molar-refractivity contribution in [2.45, 2.75) is 19.5 Å². The summed E-state index contributed by atoms with van der Waals surface area (Å²) in [6.45, 7) is 2.26. The Kier molecular flexibility index (Phi) is 2.80. The molecule has 0 N–H and O–H groups in total. The lowest BCUT2D eigenvalue weighted by Crippen LogP contribution is -1.82. The highest BCUT2D eigenvalue weighted by molar-refractivity contribution is 7.60. The Bertz CT molecular complexity index is 300. The summed E-state index contributed by atoms with van der Waals surface area (Å²) in [5, 5.41) is 0. The van der Waals surface area contributed by atoms with Crippen molar-refractivity contribution in [2.24, 2.45) is 0 Å². The number of hydrogen-bond acceptors (Lipinski definition) is 0. The Balaban J connectivity index is 2.00. The monoisotopic (exact) mass is 190 g/mol. The Morgan fingerprint density at radius 2 is 2.00 bits per heavy atom. The maximum Gasteiger partial charge on any atom is -0.00384 e. The zero-order valence-corrected chi connectivity index (χ0v) is 8.93. The molecular formula is C12H15P. The van der Waals surface area contributed by atoms with E-state index < -0.39 is 0 Å². The summed E-state index contributed by atoms with van der Waals surface area (Å²) in [4.78, 5) is 0. The predicted octanol–water partition coefficient (Wildman–Crippen LogP) is 3.98. The fourth-order valence-corrected chi connectivity index (χ4v) is 4.15. The van der Waals surface area contributed by atoms with Gasteiger partial charge in [0.15, 0.2) is 0 Å². The number of hydrogen-bond donors (Lipinski definition) is 0. The molecule has 1 heterocycles. The molecule has 0 saturated heterocycles. The van der Waals surface area contributed by atoms with Crippen LogP contribution in [0.5, 0.6) is 0 Å². The van der Waals surface area contributed by atoms with Gasteiger partial charge in [0.25, 0.3) is 0 Å². The minimum Gasteiger partial charge on any atom is -0.0785 e. The summed E-state index contributed by atoms with van der Waals surface area (Å²) in [7, 11) is 0.177. The van der Waals surface area contributed by atoms with Crippen LogP contribution in [-0.2, 0) is 6.16 Å². The van der Waals surface area contributed by atoms with Gasteiger partial charge in [-0.3, -0.25) is 0 Å². The first-order chi connectivity index (χ1) is 6.34. The Labute approximate surface area is 81.4 Å². The van der Waals surface area contributed by atoms with Crippen LogP contribution < -0.4 is 0 Å². The molecule has 0 saturated carbocycles. The van der Waals surface area contributed by atoms with Crippen LogP contribution in [0.2, 0.25) is 0 Å². The predicted molar refractivity (Wildman–Crippen MR) is 60.3 cm³/mol. The van der Waals surface area contributed by atoms with Gasteiger partial charge in [0.2, 0.25) is 0 Å². The average molecular weight is 190 g/mol. The molecule has 2 rings (SSSR count). The van der Waals surface area contributed by atoms with Crippen molar-refractivity contribution in [1.82, 2.24) is 0 Å². The van der Waals surface area contributed by atoms with E-state index in [1.807, 2.05) is 0 Å². The van der Waals surface area contributed by atoms with Gasteiger partial charge in [0.05, 0.1) is 0 Å². The van der Waals surface area contributed by atoms with Gasteiger partial charge in [-0.2, -0.15) is 0 Å². The van der Waals surface area contributed by atoms with E-state index in [1.54, 1.807) is 5.57 Å². The molecule has 0 nitrogen and oxygen atoms in total. The lowest BCUT2D eigenvalue weighted by molar-refractivity contribution is 1.14. The van der Waals surface area contributed by atoms with Crippen LogP contribution in [0.3, 0.4) is 0 Å². The molecule has 0 amide bonds. The first-order valence-corrected chi connectivity index (χ1v) is 6.58. The fraction of sp³-hybridized carbons (Fsp3) is 0.333. The highest BCUT2D eigenvalue weighted by atomic mass is 31.1. The molecule has 0 spiro atoms. The van der Waals surface area contributed by atoms with E-state index in [-0.39, 0.29) is 7.92 Å². The minimum absolute atomic E-state index is 0.177. The van der Waals surface area contributed by atoms with Crippen LogP contribution >= 0.6 is 7.92 Å². The SMILES string of the molecule is CC1=CP(Cc2ccccc2)CC1. The molecule has 1 aliphatic rings. The van der Waals surface area contributed by atoms with E-state index >= 15 is 0 Å². The topological polar surface area (TPSA) is 0 Å². The lowest BCUT2D eigenvalue weighted by atomic mass is 10.2. The quantitative estimate of drug-likeness (QED) is 0.619. The van der Waals surface area contributed by atoms with Crippen molar-refractivity contribution in [3.05, 3.63) is 47.3 Å². The molecule has 1 heteroatoms. The zero-order chi connectivity index (χ0) is 9.10. The third kappa shape index (κ3) is 2.42. The van der Waals surface area contributed by atoms with Crippen LogP contribution in [0.15, 0.2) is 41.7 Å². The largest absolute Gasteiger partial charge is 0.0785 e. The zero-order valence-electron chi connectivity index (χ0n) is 8.03. The van der Waals surface area contributed by atoms with E-state index in [2.05, 4.69) is 43.1 Å². The van der Waals surface area contributed by atoms with Crippen molar-refractivity contribution in [2.75, 3.05) is 6.16 Å². The molecule has 1 aromatic carbocycles. The van der Waals surface area contributed by atoms with Gasteiger partial charge in [-0.1, -0.05) is 49.6 Å². The summed E-state index contributed by atoms with van der Waals surface area (Å²) >= 11 is 0. The van der Waals surface area contributed by atoms with Crippen molar-refractivity contribution in [1.29, 1.82) is 0 Å². The van der Waals surface area contributed by atoms with Crippen molar-refractivity contribution in [3.8, 4) is 0 Å². The molecular weight excluding hydrogens is 175 g/mol. The first kappa shape index (κ1) is 8.97. The molecule has 0 radical (unpaired) electrons. The molecule has 0 fully saturated rings. The molecule has 0 bridgehead atoms. The van der Waals surface area contributed by atoms with Gasteiger partial charge < -0.3 is 0 Å². The Hall–Kier alpha value is -0.610. The van der Waals surface area contributed by atoms with E-state index in [1.165, 1.54) is 24.3 Å². The molecule has 0 aromatic heterocycles. The van der Waals surface area contributed by atoms with E-state index in [0.29, 0.717) is 0 Å².